The fourth-order valence-electron chi connectivity index (χ4n) is 0.797. The summed E-state index contributed by atoms with van der Waals surface area (Å²) in [6.45, 7) is 6.13. The van der Waals surface area contributed by atoms with Crippen LogP contribution in [0.5, 0.6) is 0 Å². The molecule has 27 heavy (non-hydrogen) atoms. The number of hydrogen-bond acceptors (Lipinski definition) is 7. The van der Waals surface area contributed by atoms with Crippen molar-refractivity contribution in [1.82, 2.24) is 0 Å². The molecule has 0 aromatic carbocycles. The van der Waals surface area contributed by atoms with Gasteiger partial charge in [-0.25, -0.2) is 0 Å². The second-order valence-electron chi connectivity index (χ2n) is 4.89. The Bertz CT molecular complexity index is 360. The number of unbranched alkanes of at least 4 members (excludes halogenated alkanes) is 1. The summed E-state index contributed by atoms with van der Waals surface area (Å²) in [4.78, 5) is 58.4. The minimum absolute atomic E-state index is 0. The molecule has 0 bridgehead atoms. The summed E-state index contributed by atoms with van der Waals surface area (Å²) < 4.78 is 0. The van der Waals surface area contributed by atoms with Gasteiger partial charge in [-0.3, -0.25) is 28.8 Å². The minimum atomic E-state index is -1.06. The number of aliphatic carboxylic acids is 3. The van der Waals surface area contributed by atoms with Crippen LogP contribution in [0.2, 0.25) is 0 Å². The van der Waals surface area contributed by atoms with Gasteiger partial charge in [0.05, 0.1) is 0 Å². The summed E-state index contributed by atoms with van der Waals surface area (Å²) in [6, 6.07) is 0. The minimum Gasteiger partial charge on any atom is -0.481 e. The Hall–Kier alpha value is -1.74. The number of aliphatic hydroxyl groups is 1. The molecule has 0 rings (SSSR count). The molecule has 0 aliphatic heterocycles. The van der Waals surface area contributed by atoms with E-state index in [-0.39, 0.29) is 62.8 Å². The molecule has 0 aliphatic rings. The van der Waals surface area contributed by atoms with E-state index < -0.39 is 17.9 Å². The van der Waals surface area contributed by atoms with Crippen molar-refractivity contribution in [2.75, 3.05) is 6.61 Å². The van der Waals surface area contributed by atoms with Crippen LogP contribution >= 0.6 is 0 Å². The second kappa shape index (κ2) is 26.5. The van der Waals surface area contributed by atoms with E-state index >= 15 is 0 Å². The van der Waals surface area contributed by atoms with Crippen molar-refractivity contribution < 1.29 is 75.4 Å². The van der Waals surface area contributed by atoms with Crippen molar-refractivity contribution in [3.63, 3.8) is 0 Å². The van der Waals surface area contributed by atoms with Crippen LogP contribution in [0.25, 0.3) is 0 Å². The number of rotatable bonds is 8. The molecule has 0 aromatic heterocycles. The molecule has 0 amide bonds. The van der Waals surface area contributed by atoms with Crippen LogP contribution in [0.15, 0.2) is 0 Å². The fraction of sp³-hybridized carbons (Fsp3) is 0.625. The van der Waals surface area contributed by atoms with Crippen molar-refractivity contribution in [3.05, 3.63) is 0 Å². The molecular formula is C16H28O10Zr. The third-order valence-electron chi connectivity index (χ3n) is 1.71. The van der Waals surface area contributed by atoms with Gasteiger partial charge >= 0.3 is 17.9 Å². The Labute approximate surface area is 177 Å². The van der Waals surface area contributed by atoms with Gasteiger partial charge in [-0.1, -0.05) is 13.3 Å². The molecule has 0 radical (unpaired) electrons. The SMILES string of the molecule is CC(=O)CC(=O)O.CC(=O)CC(=O)O.CC(=O)CC(=O)O.CCCCO.[Zr]. The quantitative estimate of drug-likeness (QED) is 0.371. The average Bonchev–Trinajstić information content (AvgIpc) is 2.36. The molecule has 0 saturated heterocycles. The van der Waals surface area contributed by atoms with Crippen molar-refractivity contribution in [3.8, 4) is 0 Å². The first-order valence-electron chi connectivity index (χ1n) is 7.54. The van der Waals surface area contributed by atoms with Crippen LogP contribution in [0, 0.1) is 0 Å². The third kappa shape index (κ3) is 80.0. The largest absolute Gasteiger partial charge is 0.481 e. The molecule has 4 N–H and O–H groups in total. The van der Waals surface area contributed by atoms with E-state index in [2.05, 4.69) is 6.92 Å². The standard InChI is InChI=1S/3C4H6O3.C4H10O.Zr/c3*1-3(5)2-4(6)7;1-2-3-4-5;/h3*2H2,1H3,(H,6,7);5H,2-4H2,1H3;. The molecule has 0 unspecified atom stereocenters. The van der Waals surface area contributed by atoms with E-state index in [1.54, 1.807) is 0 Å². The van der Waals surface area contributed by atoms with Crippen molar-refractivity contribution in [2.45, 2.75) is 59.8 Å². The maximum Gasteiger partial charge on any atom is 0.310 e. The van der Waals surface area contributed by atoms with Crippen LogP contribution < -0.4 is 0 Å². The zero-order chi connectivity index (χ0) is 21.7. The Kier molecular flexibility index (Phi) is 35.5. The van der Waals surface area contributed by atoms with Gasteiger partial charge in [-0.05, 0) is 27.2 Å². The predicted octanol–water partition coefficient (Wildman–Crippen LogP) is 0.927. The van der Waals surface area contributed by atoms with Gasteiger partial charge in [0.1, 0.15) is 36.6 Å². The zero-order valence-corrected chi connectivity index (χ0v) is 18.4. The predicted molar refractivity (Wildman–Crippen MR) is 90.8 cm³/mol. The molecule has 10 nitrogen and oxygen atoms in total. The van der Waals surface area contributed by atoms with E-state index in [1.807, 2.05) is 0 Å². The molecule has 0 aliphatic carbocycles. The Morgan fingerprint density at radius 1 is 0.630 bits per heavy atom. The Balaban J connectivity index is -0.0000000793. The summed E-state index contributed by atoms with van der Waals surface area (Å²) in [5.41, 5.74) is 0. The smallest absolute Gasteiger partial charge is 0.310 e. The molecule has 0 spiro atoms. The molecule has 156 valence electrons. The maximum absolute atomic E-state index is 9.87. The van der Waals surface area contributed by atoms with Gasteiger partial charge < -0.3 is 20.4 Å². The second-order valence-corrected chi connectivity index (χ2v) is 4.89. The molecule has 0 fully saturated rings. The number of hydrogen-bond donors (Lipinski definition) is 4. The number of aliphatic hydroxyl groups excluding tert-OH is 1. The number of carboxylic acids is 3. The number of ketones is 3. The molecule has 0 heterocycles. The van der Waals surface area contributed by atoms with E-state index in [9.17, 15) is 28.8 Å². The normalized spacial score (nSPS) is 7.89. The Morgan fingerprint density at radius 3 is 0.852 bits per heavy atom. The van der Waals surface area contributed by atoms with Crippen LogP contribution in [0.1, 0.15) is 59.8 Å². The van der Waals surface area contributed by atoms with Crippen LogP contribution in [-0.2, 0) is 55.0 Å². The van der Waals surface area contributed by atoms with Gasteiger partial charge in [-0.2, -0.15) is 0 Å². The van der Waals surface area contributed by atoms with Gasteiger partial charge in [0.15, 0.2) is 0 Å². The zero-order valence-electron chi connectivity index (χ0n) is 16.0. The van der Waals surface area contributed by atoms with Gasteiger partial charge in [0.25, 0.3) is 0 Å². The molecule has 0 aromatic rings. The van der Waals surface area contributed by atoms with Gasteiger partial charge in [-0.15, -0.1) is 0 Å². The van der Waals surface area contributed by atoms with E-state index in [0.29, 0.717) is 6.61 Å². The van der Waals surface area contributed by atoms with Gasteiger partial charge in [0, 0.05) is 32.8 Å². The third-order valence-corrected chi connectivity index (χ3v) is 1.71. The summed E-state index contributed by atoms with van der Waals surface area (Å²) >= 11 is 0. The number of carbonyl (C=O) groups excluding carboxylic acids is 3. The molecule has 11 heteroatoms. The summed E-state index contributed by atoms with van der Waals surface area (Å²) in [6.07, 6.45) is 0.955. The summed E-state index contributed by atoms with van der Waals surface area (Å²) in [5.74, 6) is -4.12. The van der Waals surface area contributed by atoms with E-state index in [0.717, 1.165) is 12.8 Å². The molecule has 0 saturated carbocycles. The first-order valence-corrected chi connectivity index (χ1v) is 7.54. The maximum atomic E-state index is 9.87. The van der Waals surface area contributed by atoms with Crippen molar-refractivity contribution >= 4 is 35.3 Å². The van der Waals surface area contributed by atoms with E-state index in [4.69, 9.17) is 20.4 Å². The van der Waals surface area contributed by atoms with E-state index in [1.165, 1.54) is 20.8 Å². The summed E-state index contributed by atoms with van der Waals surface area (Å²) in [5, 5.41) is 31.7. The summed E-state index contributed by atoms with van der Waals surface area (Å²) in [7, 11) is 0. The topological polar surface area (TPSA) is 183 Å². The first-order chi connectivity index (χ1) is 11.8. The van der Waals surface area contributed by atoms with Gasteiger partial charge in [0.2, 0.25) is 0 Å². The molecular weight excluding hydrogens is 443 g/mol. The van der Waals surface area contributed by atoms with Crippen LogP contribution in [0.3, 0.4) is 0 Å². The monoisotopic (exact) mass is 470 g/mol. The van der Waals surface area contributed by atoms with Crippen molar-refractivity contribution in [1.29, 1.82) is 0 Å². The van der Waals surface area contributed by atoms with Crippen LogP contribution in [0.4, 0.5) is 0 Å². The van der Waals surface area contributed by atoms with Crippen LogP contribution in [-0.4, -0.2) is 62.3 Å². The molecule has 0 atom stereocenters. The fourth-order valence-corrected chi connectivity index (χ4v) is 0.797. The number of carboxylic acid groups (broad SMARTS) is 3. The van der Waals surface area contributed by atoms with Crippen molar-refractivity contribution in [2.24, 2.45) is 0 Å². The first kappa shape index (κ1) is 36.2. The average molecular weight is 472 g/mol. The number of carbonyl (C=O) groups is 6. The Morgan fingerprint density at radius 2 is 0.852 bits per heavy atom. The number of Topliss-reactive ketones (excluding diaryl/α,β-unsaturated/α-hetero) is 3.